The van der Waals surface area contributed by atoms with Crippen LogP contribution in [0.4, 0.5) is 11.6 Å². The molecule has 0 spiro atoms. The first-order chi connectivity index (χ1) is 16.1. The summed E-state index contributed by atoms with van der Waals surface area (Å²) < 4.78 is 7.61. The molecule has 1 aromatic carbocycles. The molecule has 2 fully saturated rings. The van der Waals surface area contributed by atoms with Crippen molar-refractivity contribution in [3.63, 3.8) is 0 Å². The van der Waals surface area contributed by atoms with E-state index in [-0.39, 0.29) is 6.04 Å². The summed E-state index contributed by atoms with van der Waals surface area (Å²) in [6, 6.07) is 10.6. The summed E-state index contributed by atoms with van der Waals surface area (Å²) in [6.07, 6.45) is 4.58. The van der Waals surface area contributed by atoms with E-state index in [2.05, 4.69) is 35.3 Å². The first kappa shape index (κ1) is 20.4. The van der Waals surface area contributed by atoms with Crippen LogP contribution in [0.1, 0.15) is 36.9 Å². The maximum absolute atomic E-state index is 5.70. The summed E-state index contributed by atoms with van der Waals surface area (Å²) in [5.41, 5.74) is 6.23. The molecule has 2 aliphatic rings. The normalized spacial score (nSPS) is 19.0. The summed E-state index contributed by atoms with van der Waals surface area (Å²) in [5, 5.41) is 8.61. The highest BCUT2D eigenvalue weighted by molar-refractivity contribution is 5.79. The summed E-state index contributed by atoms with van der Waals surface area (Å²) in [5.74, 6) is 1.95. The number of ether oxygens (including phenoxy) is 1. The van der Waals surface area contributed by atoms with Crippen LogP contribution in [0.15, 0.2) is 30.3 Å². The Bertz CT molecular complexity index is 1320. The van der Waals surface area contributed by atoms with Crippen LogP contribution in [0.5, 0.6) is 0 Å². The quantitative estimate of drug-likeness (QED) is 0.507. The highest BCUT2D eigenvalue weighted by Gasteiger charge is 2.21. The Morgan fingerprint density at radius 3 is 2.67 bits per heavy atom. The number of anilines is 2. The second-order valence-electron chi connectivity index (χ2n) is 9.20. The molecule has 2 aliphatic heterocycles. The predicted molar refractivity (Wildman–Crippen MR) is 130 cm³/mol. The van der Waals surface area contributed by atoms with Crippen molar-refractivity contribution >= 4 is 28.3 Å². The van der Waals surface area contributed by atoms with Crippen LogP contribution >= 0.6 is 0 Å². The largest absolute Gasteiger partial charge is 0.379 e. The second-order valence-corrected chi connectivity index (χ2v) is 9.20. The average molecular weight is 444 g/mol. The molecule has 33 heavy (non-hydrogen) atoms. The smallest absolute Gasteiger partial charge is 0.160 e. The molecule has 0 bridgehead atoms. The monoisotopic (exact) mass is 443 g/mol. The standard InChI is InChI=1S/C25H29N7O/c1-16-7-8-19-20(12-16)28-25(17(2)26-19)21-13-23-29-22(31-9-3-4-10-31)14-24(32(23)30-21)27-18-6-5-11-33-15-18/h7-8,12-14,18,27H,3-6,9-11,15H2,1-2H3. The molecule has 8 heteroatoms. The molecule has 0 saturated carbocycles. The van der Waals surface area contributed by atoms with Crippen molar-refractivity contribution in [1.82, 2.24) is 24.6 Å². The Labute approximate surface area is 193 Å². The van der Waals surface area contributed by atoms with Gasteiger partial charge in [0.2, 0.25) is 0 Å². The highest BCUT2D eigenvalue weighted by atomic mass is 16.5. The zero-order valence-electron chi connectivity index (χ0n) is 19.2. The number of hydrogen-bond acceptors (Lipinski definition) is 7. The topological polar surface area (TPSA) is 80.5 Å². The van der Waals surface area contributed by atoms with Crippen LogP contribution in [0, 0.1) is 13.8 Å². The van der Waals surface area contributed by atoms with Crippen molar-refractivity contribution in [2.24, 2.45) is 0 Å². The van der Waals surface area contributed by atoms with Gasteiger partial charge in [0, 0.05) is 31.8 Å². The molecule has 8 nitrogen and oxygen atoms in total. The van der Waals surface area contributed by atoms with E-state index >= 15 is 0 Å². The molecule has 4 aromatic rings. The number of benzene rings is 1. The first-order valence-corrected chi connectivity index (χ1v) is 11.9. The molecule has 0 amide bonds. The Hall–Kier alpha value is -3.26. The number of aromatic nitrogens is 5. The number of rotatable bonds is 4. The Morgan fingerprint density at radius 2 is 1.85 bits per heavy atom. The Morgan fingerprint density at radius 1 is 0.970 bits per heavy atom. The fourth-order valence-corrected chi connectivity index (χ4v) is 4.85. The van der Waals surface area contributed by atoms with Crippen molar-refractivity contribution in [1.29, 1.82) is 0 Å². The molecule has 170 valence electrons. The number of nitrogens with one attached hydrogen (secondary N) is 1. The van der Waals surface area contributed by atoms with Gasteiger partial charge in [-0.15, -0.1) is 0 Å². The highest BCUT2D eigenvalue weighted by Crippen LogP contribution is 2.28. The second kappa shape index (κ2) is 8.26. The van der Waals surface area contributed by atoms with Gasteiger partial charge in [0.05, 0.1) is 29.4 Å². The lowest BCUT2D eigenvalue weighted by molar-refractivity contribution is 0.0874. The Balaban J connectivity index is 1.46. The van der Waals surface area contributed by atoms with E-state index in [1.54, 1.807) is 0 Å². The van der Waals surface area contributed by atoms with Crippen LogP contribution in [0.25, 0.3) is 28.1 Å². The van der Waals surface area contributed by atoms with Crippen LogP contribution in [0.2, 0.25) is 0 Å². The third kappa shape index (κ3) is 3.88. The molecule has 0 radical (unpaired) electrons. The van der Waals surface area contributed by atoms with Gasteiger partial charge in [-0.1, -0.05) is 6.07 Å². The van der Waals surface area contributed by atoms with E-state index in [9.17, 15) is 0 Å². The molecule has 5 heterocycles. The van der Waals surface area contributed by atoms with Crippen LogP contribution in [-0.4, -0.2) is 56.9 Å². The summed E-state index contributed by atoms with van der Waals surface area (Å²) in [6.45, 7) is 7.71. The van der Waals surface area contributed by atoms with Gasteiger partial charge in [0.15, 0.2) is 5.65 Å². The molecular formula is C25H29N7O. The van der Waals surface area contributed by atoms with Crippen LogP contribution in [-0.2, 0) is 4.74 Å². The van der Waals surface area contributed by atoms with Gasteiger partial charge in [0.25, 0.3) is 0 Å². The molecular weight excluding hydrogens is 414 g/mol. The van der Waals surface area contributed by atoms with Gasteiger partial charge in [-0.2, -0.15) is 9.61 Å². The molecule has 1 N–H and O–H groups in total. The van der Waals surface area contributed by atoms with Gasteiger partial charge in [-0.25, -0.2) is 15.0 Å². The van der Waals surface area contributed by atoms with Crippen molar-refractivity contribution in [3.8, 4) is 11.4 Å². The number of fused-ring (bicyclic) bond motifs is 2. The van der Waals surface area contributed by atoms with Gasteiger partial charge in [0.1, 0.15) is 23.0 Å². The molecule has 0 aliphatic carbocycles. The van der Waals surface area contributed by atoms with Crippen molar-refractivity contribution in [2.45, 2.75) is 45.6 Å². The lowest BCUT2D eigenvalue weighted by atomic mass is 10.1. The average Bonchev–Trinajstić information content (AvgIpc) is 3.50. The lowest BCUT2D eigenvalue weighted by Crippen LogP contribution is -2.31. The fraction of sp³-hybridized carbons (Fsp3) is 0.440. The maximum Gasteiger partial charge on any atom is 0.160 e. The van der Waals surface area contributed by atoms with Crippen molar-refractivity contribution in [3.05, 3.63) is 41.6 Å². The maximum atomic E-state index is 5.70. The van der Waals surface area contributed by atoms with Gasteiger partial charge < -0.3 is 15.0 Å². The van der Waals surface area contributed by atoms with Crippen molar-refractivity contribution < 1.29 is 4.74 Å². The third-order valence-corrected chi connectivity index (χ3v) is 6.59. The number of aryl methyl sites for hydroxylation is 2. The molecule has 2 saturated heterocycles. The van der Waals surface area contributed by atoms with E-state index in [0.717, 1.165) is 77.9 Å². The van der Waals surface area contributed by atoms with Gasteiger partial charge >= 0.3 is 0 Å². The Kier molecular flexibility index (Phi) is 5.10. The van der Waals surface area contributed by atoms with E-state index in [1.807, 2.05) is 23.6 Å². The lowest BCUT2D eigenvalue weighted by Gasteiger charge is -2.25. The van der Waals surface area contributed by atoms with Gasteiger partial charge in [-0.05, 0) is 57.2 Å². The fourth-order valence-electron chi connectivity index (χ4n) is 4.85. The zero-order chi connectivity index (χ0) is 22.4. The summed E-state index contributed by atoms with van der Waals surface area (Å²) >= 11 is 0. The minimum Gasteiger partial charge on any atom is -0.379 e. The van der Waals surface area contributed by atoms with E-state index in [4.69, 9.17) is 24.8 Å². The minimum atomic E-state index is 0.272. The van der Waals surface area contributed by atoms with Crippen LogP contribution in [0.3, 0.4) is 0 Å². The van der Waals surface area contributed by atoms with Crippen LogP contribution < -0.4 is 10.2 Å². The number of nitrogens with zero attached hydrogens (tertiary/aromatic N) is 6. The third-order valence-electron chi connectivity index (χ3n) is 6.59. The van der Waals surface area contributed by atoms with E-state index < -0.39 is 0 Å². The molecule has 6 rings (SSSR count). The van der Waals surface area contributed by atoms with E-state index in [1.165, 1.54) is 18.4 Å². The van der Waals surface area contributed by atoms with Crippen molar-refractivity contribution in [2.75, 3.05) is 36.5 Å². The predicted octanol–water partition coefficient (Wildman–Crippen LogP) is 4.15. The SMILES string of the molecule is Cc1ccc2nc(C)c(-c3cc4nc(N5CCCC5)cc(NC5CCCOC5)n4n3)nc2c1. The molecule has 1 atom stereocenters. The van der Waals surface area contributed by atoms with Gasteiger partial charge in [-0.3, -0.25) is 0 Å². The summed E-state index contributed by atoms with van der Waals surface area (Å²) in [4.78, 5) is 17.0. The molecule has 1 unspecified atom stereocenters. The number of hydrogen-bond donors (Lipinski definition) is 1. The summed E-state index contributed by atoms with van der Waals surface area (Å²) in [7, 11) is 0. The first-order valence-electron chi connectivity index (χ1n) is 11.9. The molecule has 3 aromatic heterocycles. The minimum absolute atomic E-state index is 0.272. The zero-order valence-corrected chi connectivity index (χ0v) is 19.2. The van der Waals surface area contributed by atoms with E-state index in [0.29, 0.717) is 6.61 Å².